The molecule has 0 unspecified atom stereocenters. The molecule has 22 heavy (non-hydrogen) atoms. The molecule has 0 spiro atoms. The third-order valence-electron chi connectivity index (χ3n) is 3.65. The summed E-state index contributed by atoms with van der Waals surface area (Å²) < 4.78 is 10.3. The van der Waals surface area contributed by atoms with Crippen LogP contribution in [0.15, 0.2) is 10.7 Å². The zero-order valence-electron chi connectivity index (χ0n) is 13.1. The van der Waals surface area contributed by atoms with Crippen LogP contribution in [0, 0.1) is 0 Å². The van der Waals surface area contributed by atoms with Gasteiger partial charge in [0.1, 0.15) is 11.2 Å². The van der Waals surface area contributed by atoms with Gasteiger partial charge in [0.05, 0.1) is 6.20 Å². The number of alkyl carbamates (subject to hydrolysis) is 1. The minimum Gasteiger partial charge on any atom is -0.478 e. The van der Waals surface area contributed by atoms with Crippen molar-refractivity contribution in [2.45, 2.75) is 64.0 Å². The van der Waals surface area contributed by atoms with Crippen molar-refractivity contribution in [2.24, 2.45) is 0 Å². The van der Waals surface area contributed by atoms with Crippen molar-refractivity contribution in [2.75, 3.05) is 0 Å². The molecule has 122 valence electrons. The molecule has 0 radical (unpaired) electrons. The molecule has 0 aromatic carbocycles. The first-order chi connectivity index (χ1) is 10.3. The molecular weight excluding hydrogens is 288 g/mol. The van der Waals surface area contributed by atoms with Crippen LogP contribution in [0.4, 0.5) is 4.79 Å². The number of rotatable bonds is 3. The number of nitrogens with one attached hydrogen (secondary N) is 1. The van der Waals surface area contributed by atoms with Gasteiger partial charge in [-0.05, 0) is 46.5 Å². The van der Waals surface area contributed by atoms with E-state index < -0.39 is 17.7 Å². The third kappa shape index (κ3) is 4.22. The Kier molecular flexibility index (Phi) is 4.73. The van der Waals surface area contributed by atoms with E-state index in [1.165, 1.54) is 6.20 Å². The van der Waals surface area contributed by atoms with E-state index in [2.05, 4.69) is 10.5 Å². The number of nitrogens with zero attached hydrogens (tertiary/aromatic N) is 1. The Morgan fingerprint density at radius 1 is 1.32 bits per heavy atom. The molecule has 1 saturated carbocycles. The van der Waals surface area contributed by atoms with Crippen molar-refractivity contribution in [1.82, 2.24) is 10.5 Å². The highest BCUT2D eigenvalue weighted by Gasteiger charge is 2.30. The molecule has 0 aliphatic heterocycles. The highest BCUT2D eigenvalue weighted by atomic mass is 16.6. The van der Waals surface area contributed by atoms with Gasteiger partial charge in [0.15, 0.2) is 5.76 Å². The van der Waals surface area contributed by atoms with Crippen molar-refractivity contribution in [1.29, 1.82) is 0 Å². The average Bonchev–Trinajstić information content (AvgIpc) is 2.86. The van der Waals surface area contributed by atoms with Gasteiger partial charge in [-0.25, -0.2) is 9.59 Å². The summed E-state index contributed by atoms with van der Waals surface area (Å²) in [5.74, 6) is -0.557. The molecular formula is C15H22N2O5. The molecule has 1 fully saturated rings. The standard InChI is InChI=1S/C15H22N2O5/c1-15(2,3)21-14(20)17-10-6-4-9(5-7-10)12-11(13(18)19)8-16-22-12/h8-10H,4-7H2,1-3H3,(H,17,20)(H,18,19). The molecule has 1 aromatic rings. The summed E-state index contributed by atoms with van der Waals surface area (Å²) in [5, 5.41) is 15.5. The van der Waals surface area contributed by atoms with Crippen LogP contribution in [0.5, 0.6) is 0 Å². The number of aromatic nitrogens is 1. The number of carboxylic acids is 1. The molecule has 0 saturated heterocycles. The summed E-state index contributed by atoms with van der Waals surface area (Å²) in [4.78, 5) is 22.8. The normalized spacial score (nSPS) is 22.1. The third-order valence-corrected chi connectivity index (χ3v) is 3.65. The Bertz CT molecular complexity index is 538. The molecule has 7 nitrogen and oxygen atoms in total. The number of hydrogen-bond donors (Lipinski definition) is 2. The topological polar surface area (TPSA) is 102 Å². The molecule has 0 atom stereocenters. The lowest BCUT2D eigenvalue weighted by Crippen LogP contribution is -2.40. The van der Waals surface area contributed by atoms with E-state index in [4.69, 9.17) is 14.4 Å². The predicted octanol–water partition coefficient (Wildman–Crippen LogP) is 2.92. The number of carbonyl (C=O) groups is 2. The molecule has 1 aromatic heterocycles. The maximum atomic E-state index is 11.7. The molecule has 1 aliphatic rings. The van der Waals surface area contributed by atoms with Gasteiger partial charge in [-0.3, -0.25) is 0 Å². The van der Waals surface area contributed by atoms with Crippen molar-refractivity contribution >= 4 is 12.1 Å². The van der Waals surface area contributed by atoms with Crippen LogP contribution in [0.1, 0.15) is 68.5 Å². The van der Waals surface area contributed by atoms with E-state index in [0.29, 0.717) is 5.76 Å². The summed E-state index contributed by atoms with van der Waals surface area (Å²) in [7, 11) is 0. The van der Waals surface area contributed by atoms with Crippen molar-refractivity contribution in [3.05, 3.63) is 17.5 Å². The van der Waals surface area contributed by atoms with E-state index in [1.54, 1.807) is 0 Å². The maximum Gasteiger partial charge on any atom is 0.407 e. The minimum atomic E-state index is -1.02. The van der Waals surface area contributed by atoms with Gasteiger partial charge < -0.3 is 19.7 Å². The first kappa shape index (κ1) is 16.3. The van der Waals surface area contributed by atoms with Gasteiger partial charge in [0.25, 0.3) is 0 Å². The van der Waals surface area contributed by atoms with Crippen LogP contribution in [0.3, 0.4) is 0 Å². The Morgan fingerprint density at radius 2 is 1.95 bits per heavy atom. The molecule has 2 N–H and O–H groups in total. The van der Waals surface area contributed by atoms with Crippen molar-refractivity contribution in [3.8, 4) is 0 Å². The summed E-state index contributed by atoms with van der Waals surface area (Å²) >= 11 is 0. The number of hydrogen-bond acceptors (Lipinski definition) is 5. The molecule has 0 bridgehead atoms. The summed E-state index contributed by atoms with van der Waals surface area (Å²) in [5.41, 5.74) is -0.388. The molecule has 2 rings (SSSR count). The Hall–Kier alpha value is -2.05. The lowest BCUT2D eigenvalue weighted by atomic mass is 9.83. The fraction of sp³-hybridized carbons (Fsp3) is 0.667. The van der Waals surface area contributed by atoms with Crippen LogP contribution >= 0.6 is 0 Å². The second kappa shape index (κ2) is 6.37. The van der Waals surface area contributed by atoms with Crippen LogP contribution in [0.2, 0.25) is 0 Å². The Balaban J connectivity index is 1.87. The van der Waals surface area contributed by atoms with Gasteiger partial charge in [-0.2, -0.15) is 0 Å². The van der Waals surface area contributed by atoms with Gasteiger partial charge in [0.2, 0.25) is 0 Å². The van der Waals surface area contributed by atoms with E-state index in [-0.39, 0.29) is 17.5 Å². The largest absolute Gasteiger partial charge is 0.478 e. The van der Waals surface area contributed by atoms with Gasteiger partial charge in [-0.1, -0.05) is 5.16 Å². The summed E-state index contributed by atoms with van der Waals surface area (Å²) in [6.45, 7) is 5.46. The van der Waals surface area contributed by atoms with Gasteiger partial charge in [-0.15, -0.1) is 0 Å². The lowest BCUT2D eigenvalue weighted by Gasteiger charge is -2.29. The van der Waals surface area contributed by atoms with Gasteiger partial charge >= 0.3 is 12.1 Å². The SMILES string of the molecule is CC(C)(C)OC(=O)NC1CCC(c2oncc2C(=O)O)CC1. The van der Waals surface area contributed by atoms with Crippen molar-refractivity contribution < 1.29 is 24.0 Å². The zero-order valence-corrected chi connectivity index (χ0v) is 13.1. The second-order valence-corrected chi connectivity index (χ2v) is 6.60. The minimum absolute atomic E-state index is 0.0327. The van der Waals surface area contributed by atoms with Crippen LogP contribution in [-0.4, -0.2) is 34.0 Å². The summed E-state index contributed by atoms with van der Waals surface area (Å²) in [6.07, 6.45) is 3.82. The highest BCUT2D eigenvalue weighted by Crippen LogP contribution is 2.34. The smallest absolute Gasteiger partial charge is 0.407 e. The first-order valence-electron chi connectivity index (χ1n) is 7.43. The van der Waals surface area contributed by atoms with Gasteiger partial charge in [0, 0.05) is 12.0 Å². The number of ether oxygens (including phenoxy) is 1. The number of amides is 1. The number of carboxylic acid groups (broad SMARTS) is 1. The lowest BCUT2D eigenvalue weighted by molar-refractivity contribution is 0.0490. The molecule has 1 aliphatic carbocycles. The molecule has 1 heterocycles. The average molecular weight is 310 g/mol. The van der Waals surface area contributed by atoms with Crippen LogP contribution in [-0.2, 0) is 4.74 Å². The fourth-order valence-corrected chi connectivity index (χ4v) is 2.68. The van der Waals surface area contributed by atoms with Crippen LogP contribution < -0.4 is 5.32 Å². The maximum absolute atomic E-state index is 11.7. The van der Waals surface area contributed by atoms with E-state index >= 15 is 0 Å². The quantitative estimate of drug-likeness (QED) is 0.890. The van der Waals surface area contributed by atoms with E-state index in [9.17, 15) is 9.59 Å². The summed E-state index contributed by atoms with van der Waals surface area (Å²) in [6, 6.07) is 0.0438. The van der Waals surface area contributed by atoms with Crippen LogP contribution in [0.25, 0.3) is 0 Å². The molecule has 1 amide bonds. The Labute approximate surface area is 129 Å². The first-order valence-corrected chi connectivity index (χ1v) is 7.43. The van der Waals surface area contributed by atoms with E-state index in [0.717, 1.165) is 25.7 Å². The number of carbonyl (C=O) groups excluding carboxylic acids is 1. The Morgan fingerprint density at radius 3 is 2.50 bits per heavy atom. The van der Waals surface area contributed by atoms with Crippen molar-refractivity contribution in [3.63, 3.8) is 0 Å². The van der Waals surface area contributed by atoms with E-state index in [1.807, 2.05) is 20.8 Å². The fourth-order valence-electron chi connectivity index (χ4n) is 2.68. The zero-order chi connectivity index (χ0) is 16.3. The molecule has 7 heteroatoms. The number of aromatic carboxylic acids is 1. The second-order valence-electron chi connectivity index (χ2n) is 6.60. The predicted molar refractivity (Wildman–Crippen MR) is 77.8 cm³/mol. The highest BCUT2D eigenvalue weighted by molar-refractivity contribution is 5.88. The monoisotopic (exact) mass is 310 g/mol.